The molecule has 0 N–H and O–H groups in total. The SMILES string of the molecule is [c]1ccc2ncnnc2c1. The Morgan fingerprint density at radius 1 is 1.30 bits per heavy atom. The number of rotatable bonds is 0. The Morgan fingerprint density at radius 2 is 2.30 bits per heavy atom. The summed E-state index contributed by atoms with van der Waals surface area (Å²) >= 11 is 0. The predicted octanol–water partition coefficient (Wildman–Crippen LogP) is 0.825. The number of fused-ring (bicyclic) bond motifs is 1. The summed E-state index contributed by atoms with van der Waals surface area (Å²) in [6.45, 7) is 0. The molecule has 1 radical (unpaired) electrons. The van der Waals surface area contributed by atoms with E-state index in [1.807, 2.05) is 6.07 Å². The highest BCUT2D eigenvalue weighted by Gasteiger charge is 1.89. The highest BCUT2D eigenvalue weighted by atomic mass is 15.1. The van der Waals surface area contributed by atoms with Crippen LogP contribution in [0.1, 0.15) is 0 Å². The number of nitrogens with zero attached hydrogens (tertiary/aromatic N) is 3. The maximum atomic E-state index is 3.99. The lowest BCUT2D eigenvalue weighted by atomic mass is 10.3. The molecule has 2 aromatic rings. The van der Waals surface area contributed by atoms with Crippen LogP contribution in [0.15, 0.2) is 24.5 Å². The summed E-state index contributed by atoms with van der Waals surface area (Å²) < 4.78 is 0. The second-order valence-electron chi connectivity index (χ2n) is 1.87. The molecule has 0 fully saturated rings. The molecule has 0 amide bonds. The fraction of sp³-hybridized carbons (Fsp3) is 0. The molecule has 0 saturated heterocycles. The van der Waals surface area contributed by atoms with E-state index in [2.05, 4.69) is 21.2 Å². The summed E-state index contributed by atoms with van der Waals surface area (Å²) in [6.07, 6.45) is 1.43. The van der Waals surface area contributed by atoms with Gasteiger partial charge in [-0.05, 0) is 18.2 Å². The van der Waals surface area contributed by atoms with Crippen molar-refractivity contribution in [3.8, 4) is 0 Å². The molecule has 0 aliphatic rings. The van der Waals surface area contributed by atoms with E-state index in [-0.39, 0.29) is 0 Å². The summed E-state index contributed by atoms with van der Waals surface area (Å²) in [7, 11) is 0. The van der Waals surface area contributed by atoms with Crippen LogP contribution in [0.5, 0.6) is 0 Å². The van der Waals surface area contributed by atoms with Crippen molar-refractivity contribution in [1.82, 2.24) is 15.2 Å². The molecule has 0 aliphatic heterocycles. The molecule has 0 atom stereocenters. The van der Waals surface area contributed by atoms with Crippen molar-refractivity contribution < 1.29 is 0 Å². The van der Waals surface area contributed by atoms with Crippen molar-refractivity contribution in [3.05, 3.63) is 30.6 Å². The van der Waals surface area contributed by atoms with E-state index < -0.39 is 0 Å². The Bertz CT molecular complexity index is 280. The molecule has 2 rings (SSSR count). The first-order valence-corrected chi connectivity index (χ1v) is 2.90. The zero-order valence-electron chi connectivity index (χ0n) is 5.15. The van der Waals surface area contributed by atoms with Gasteiger partial charge < -0.3 is 0 Å². The summed E-state index contributed by atoms with van der Waals surface area (Å²) in [5.41, 5.74) is 1.64. The minimum Gasteiger partial charge on any atom is -0.233 e. The number of aromatic nitrogens is 3. The van der Waals surface area contributed by atoms with E-state index in [4.69, 9.17) is 0 Å². The molecule has 1 heterocycles. The van der Waals surface area contributed by atoms with Gasteiger partial charge in [-0.25, -0.2) is 4.98 Å². The minimum atomic E-state index is 0.782. The van der Waals surface area contributed by atoms with Crippen LogP contribution >= 0.6 is 0 Å². The average Bonchev–Trinajstić information content (AvgIpc) is 2.05. The van der Waals surface area contributed by atoms with Gasteiger partial charge in [0.05, 0.1) is 5.52 Å². The first-order chi connectivity index (χ1) is 4.97. The maximum absolute atomic E-state index is 3.99. The van der Waals surface area contributed by atoms with Crippen molar-refractivity contribution >= 4 is 11.0 Å². The zero-order valence-corrected chi connectivity index (χ0v) is 5.15. The first kappa shape index (κ1) is 5.29. The standard InChI is InChI=1S/C7H4N3/c1-2-4-7-6(3-1)8-5-9-10-7/h1,3-5H. The van der Waals surface area contributed by atoms with Crippen LogP contribution < -0.4 is 0 Å². The smallest absolute Gasteiger partial charge is 0.138 e. The summed E-state index contributed by atoms with van der Waals surface area (Å²) in [6, 6.07) is 8.31. The van der Waals surface area contributed by atoms with Crippen LogP contribution in [0.3, 0.4) is 0 Å². The third-order valence-electron chi connectivity index (χ3n) is 1.23. The van der Waals surface area contributed by atoms with E-state index in [9.17, 15) is 0 Å². The summed E-state index contributed by atoms with van der Waals surface area (Å²) in [4.78, 5) is 3.99. The monoisotopic (exact) mass is 130 g/mol. The average molecular weight is 130 g/mol. The quantitative estimate of drug-likeness (QED) is 0.530. The van der Waals surface area contributed by atoms with Crippen molar-refractivity contribution in [2.75, 3.05) is 0 Å². The number of benzene rings is 1. The second-order valence-corrected chi connectivity index (χ2v) is 1.87. The van der Waals surface area contributed by atoms with Gasteiger partial charge in [0.2, 0.25) is 0 Å². The van der Waals surface area contributed by atoms with Crippen molar-refractivity contribution in [2.24, 2.45) is 0 Å². The lowest BCUT2D eigenvalue weighted by Crippen LogP contribution is -1.84. The largest absolute Gasteiger partial charge is 0.233 e. The van der Waals surface area contributed by atoms with Gasteiger partial charge in [-0.3, -0.25) is 0 Å². The molecule has 1 aromatic carbocycles. The molecular weight excluding hydrogens is 126 g/mol. The van der Waals surface area contributed by atoms with E-state index in [0.29, 0.717) is 0 Å². The van der Waals surface area contributed by atoms with Gasteiger partial charge in [0.25, 0.3) is 0 Å². The lowest BCUT2D eigenvalue weighted by molar-refractivity contribution is 1.02. The second kappa shape index (κ2) is 2.02. The van der Waals surface area contributed by atoms with Crippen LogP contribution in [0.4, 0.5) is 0 Å². The Hall–Kier alpha value is -1.51. The topological polar surface area (TPSA) is 38.7 Å². The maximum Gasteiger partial charge on any atom is 0.138 e. The van der Waals surface area contributed by atoms with Gasteiger partial charge in [0, 0.05) is 0 Å². The van der Waals surface area contributed by atoms with E-state index >= 15 is 0 Å². The zero-order chi connectivity index (χ0) is 6.81. The van der Waals surface area contributed by atoms with Crippen molar-refractivity contribution in [2.45, 2.75) is 0 Å². The molecule has 47 valence electrons. The van der Waals surface area contributed by atoms with Crippen molar-refractivity contribution in [3.63, 3.8) is 0 Å². The lowest BCUT2D eigenvalue weighted by Gasteiger charge is -1.89. The highest BCUT2D eigenvalue weighted by Crippen LogP contribution is 2.02. The third kappa shape index (κ3) is 0.719. The fourth-order valence-electron chi connectivity index (χ4n) is 0.779. The minimum absolute atomic E-state index is 0.782. The van der Waals surface area contributed by atoms with Gasteiger partial charge in [-0.1, -0.05) is 6.07 Å². The summed E-state index contributed by atoms with van der Waals surface area (Å²) in [5, 5.41) is 7.47. The molecule has 0 unspecified atom stereocenters. The van der Waals surface area contributed by atoms with Crippen LogP contribution in [-0.4, -0.2) is 15.2 Å². The fourth-order valence-corrected chi connectivity index (χ4v) is 0.779. The van der Waals surface area contributed by atoms with E-state index in [1.54, 1.807) is 12.1 Å². The van der Waals surface area contributed by atoms with Crippen LogP contribution in [0, 0.1) is 6.07 Å². The third-order valence-corrected chi connectivity index (χ3v) is 1.23. The summed E-state index contributed by atoms with van der Waals surface area (Å²) in [5.74, 6) is 0. The number of hydrogen-bond donors (Lipinski definition) is 0. The first-order valence-electron chi connectivity index (χ1n) is 2.90. The van der Waals surface area contributed by atoms with Gasteiger partial charge in [0.1, 0.15) is 11.8 Å². The molecular formula is C7H4N3. The highest BCUT2D eigenvalue weighted by molar-refractivity contribution is 5.72. The van der Waals surface area contributed by atoms with Crippen LogP contribution in [0.2, 0.25) is 0 Å². The molecule has 0 aliphatic carbocycles. The van der Waals surface area contributed by atoms with E-state index in [1.165, 1.54) is 6.33 Å². The van der Waals surface area contributed by atoms with Gasteiger partial charge >= 0.3 is 0 Å². The van der Waals surface area contributed by atoms with Gasteiger partial charge in [-0.2, -0.15) is 0 Å². The van der Waals surface area contributed by atoms with E-state index in [0.717, 1.165) is 11.0 Å². The Morgan fingerprint density at radius 3 is 3.20 bits per heavy atom. The predicted molar refractivity (Wildman–Crippen MR) is 36.2 cm³/mol. The normalized spacial score (nSPS) is 10.0. The molecule has 3 heteroatoms. The Balaban J connectivity index is 2.89. The molecule has 0 bridgehead atoms. The number of hydrogen-bond acceptors (Lipinski definition) is 3. The molecule has 10 heavy (non-hydrogen) atoms. The Labute approximate surface area is 57.7 Å². The van der Waals surface area contributed by atoms with Crippen molar-refractivity contribution in [1.29, 1.82) is 0 Å². The molecule has 0 spiro atoms. The molecule has 1 aromatic heterocycles. The van der Waals surface area contributed by atoms with Gasteiger partial charge in [-0.15, -0.1) is 10.2 Å². The van der Waals surface area contributed by atoms with Crippen LogP contribution in [-0.2, 0) is 0 Å². The molecule has 3 nitrogen and oxygen atoms in total. The van der Waals surface area contributed by atoms with Crippen LogP contribution in [0.25, 0.3) is 11.0 Å². The Kier molecular flexibility index (Phi) is 1.07. The van der Waals surface area contributed by atoms with Gasteiger partial charge in [0.15, 0.2) is 0 Å². The molecule has 0 saturated carbocycles.